The molecule has 0 unspecified atom stereocenters. The lowest BCUT2D eigenvalue weighted by Crippen LogP contribution is -2.11. The molecule has 0 atom stereocenters. The van der Waals surface area contributed by atoms with E-state index in [1.165, 1.54) is 5.56 Å². The van der Waals surface area contributed by atoms with Crippen LogP contribution in [0.2, 0.25) is 0 Å². The second-order valence-electron chi connectivity index (χ2n) is 7.11. The van der Waals surface area contributed by atoms with Crippen LogP contribution in [0.25, 0.3) is 11.3 Å². The van der Waals surface area contributed by atoms with Gasteiger partial charge in [0.15, 0.2) is 11.7 Å². The normalized spacial score (nSPS) is 12.7. The van der Waals surface area contributed by atoms with Crippen molar-refractivity contribution < 1.29 is 4.42 Å². The van der Waals surface area contributed by atoms with Gasteiger partial charge < -0.3 is 4.42 Å². The van der Waals surface area contributed by atoms with Gasteiger partial charge in [0.05, 0.1) is 6.20 Å². The molecule has 0 saturated carbocycles. The summed E-state index contributed by atoms with van der Waals surface area (Å²) >= 11 is 0. The zero-order chi connectivity index (χ0) is 14.3. The molecule has 0 bridgehead atoms. The Hall–Kier alpha value is -1.57. The van der Waals surface area contributed by atoms with Crippen LogP contribution in [0, 0.1) is 0 Å². The average Bonchev–Trinajstić information content (AvgIpc) is 2.77. The molecule has 0 aliphatic heterocycles. The monoisotopic (exact) mass is 257 g/mol. The summed E-state index contributed by atoms with van der Waals surface area (Å²) in [4.78, 5) is 4.37. The van der Waals surface area contributed by atoms with E-state index in [0.717, 1.165) is 17.2 Å². The molecule has 2 nitrogen and oxygen atoms in total. The average molecular weight is 257 g/mol. The molecule has 0 aliphatic rings. The molecule has 0 saturated heterocycles. The first-order valence-electron chi connectivity index (χ1n) is 6.75. The van der Waals surface area contributed by atoms with Gasteiger partial charge in [-0.25, -0.2) is 4.98 Å². The van der Waals surface area contributed by atoms with Crippen LogP contribution < -0.4 is 0 Å². The molecule has 0 amide bonds. The van der Waals surface area contributed by atoms with E-state index >= 15 is 0 Å². The molecule has 0 spiro atoms. The number of hydrogen-bond acceptors (Lipinski definition) is 2. The van der Waals surface area contributed by atoms with Gasteiger partial charge in [0.1, 0.15) is 0 Å². The summed E-state index contributed by atoms with van der Waals surface area (Å²) < 4.78 is 5.85. The van der Waals surface area contributed by atoms with Crippen LogP contribution >= 0.6 is 0 Å². The highest BCUT2D eigenvalue weighted by atomic mass is 16.4. The standard InChI is InChI=1S/C17H23NO/c1-16(2,3)13-9-7-12(8-10-13)14-11-18-15(19-14)17(4,5)6/h7-11H,1-6H3. The predicted molar refractivity (Wildman–Crippen MR) is 79.3 cm³/mol. The summed E-state index contributed by atoms with van der Waals surface area (Å²) in [5.74, 6) is 1.62. The summed E-state index contributed by atoms with van der Waals surface area (Å²) in [5.41, 5.74) is 2.53. The van der Waals surface area contributed by atoms with Gasteiger partial charge in [0.2, 0.25) is 0 Å². The molecule has 0 aliphatic carbocycles. The minimum atomic E-state index is -0.0520. The van der Waals surface area contributed by atoms with Gasteiger partial charge in [-0.05, 0) is 11.0 Å². The summed E-state index contributed by atoms with van der Waals surface area (Å²) in [5, 5.41) is 0. The van der Waals surface area contributed by atoms with Crippen molar-refractivity contribution in [2.24, 2.45) is 0 Å². The maximum atomic E-state index is 5.85. The highest BCUT2D eigenvalue weighted by molar-refractivity contribution is 5.57. The molecule has 1 aromatic heterocycles. The minimum Gasteiger partial charge on any atom is -0.440 e. The maximum Gasteiger partial charge on any atom is 0.200 e. The van der Waals surface area contributed by atoms with Crippen molar-refractivity contribution in [1.82, 2.24) is 4.98 Å². The highest BCUT2D eigenvalue weighted by Crippen LogP contribution is 2.29. The summed E-state index contributed by atoms with van der Waals surface area (Å²) in [7, 11) is 0. The number of oxazole rings is 1. The first-order chi connectivity index (χ1) is 8.68. The number of hydrogen-bond donors (Lipinski definition) is 0. The van der Waals surface area contributed by atoms with Crippen molar-refractivity contribution in [1.29, 1.82) is 0 Å². The third-order valence-electron chi connectivity index (χ3n) is 3.18. The zero-order valence-electron chi connectivity index (χ0n) is 12.7. The van der Waals surface area contributed by atoms with Gasteiger partial charge in [-0.2, -0.15) is 0 Å². The molecule has 19 heavy (non-hydrogen) atoms. The van der Waals surface area contributed by atoms with Crippen molar-refractivity contribution in [3.63, 3.8) is 0 Å². The molecule has 0 fully saturated rings. The molecule has 2 rings (SSSR count). The SMILES string of the molecule is CC(C)(C)c1ccc(-c2cnc(C(C)(C)C)o2)cc1. The lowest BCUT2D eigenvalue weighted by Gasteiger charge is -2.18. The van der Waals surface area contributed by atoms with E-state index in [4.69, 9.17) is 4.42 Å². The number of nitrogens with zero attached hydrogens (tertiary/aromatic N) is 1. The molecule has 1 aromatic carbocycles. The first-order valence-corrected chi connectivity index (χ1v) is 6.75. The van der Waals surface area contributed by atoms with Crippen LogP contribution in [0.4, 0.5) is 0 Å². The molecule has 1 heterocycles. The molecule has 0 radical (unpaired) electrons. The van der Waals surface area contributed by atoms with E-state index < -0.39 is 0 Å². The van der Waals surface area contributed by atoms with Crippen molar-refractivity contribution in [3.8, 4) is 11.3 Å². The number of benzene rings is 1. The van der Waals surface area contributed by atoms with Gasteiger partial charge in [0.25, 0.3) is 0 Å². The fraction of sp³-hybridized carbons (Fsp3) is 0.471. The molecule has 2 aromatic rings. The molecular formula is C17H23NO. The van der Waals surface area contributed by atoms with Crippen LogP contribution in [-0.4, -0.2) is 4.98 Å². The summed E-state index contributed by atoms with van der Waals surface area (Å²) in [6.07, 6.45) is 1.81. The largest absolute Gasteiger partial charge is 0.440 e. The van der Waals surface area contributed by atoms with Crippen LogP contribution in [0.5, 0.6) is 0 Å². The van der Waals surface area contributed by atoms with Gasteiger partial charge in [-0.1, -0.05) is 65.8 Å². The number of rotatable bonds is 1. The number of aromatic nitrogens is 1. The van der Waals surface area contributed by atoms with Crippen LogP contribution in [0.3, 0.4) is 0 Å². The van der Waals surface area contributed by atoms with Gasteiger partial charge in [0, 0.05) is 11.0 Å². The molecule has 2 heteroatoms. The Morgan fingerprint density at radius 3 is 1.84 bits per heavy atom. The lowest BCUT2D eigenvalue weighted by atomic mass is 9.86. The van der Waals surface area contributed by atoms with E-state index in [9.17, 15) is 0 Å². The molecule has 0 N–H and O–H groups in total. The Balaban J connectivity index is 2.31. The summed E-state index contributed by atoms with van der Waals surface area (Å²) in [6.45, 7) is 13.0. The zero-order valence-corrected chi connectivity index (χ0v) is 12.7. The van der Waals surface area contributed by atoms with E-state index in [0.29, 0.717) is 0 Å². The van der Waals surface area contributed by atoms with Crippen molar-refractivity contribution in [2.75, 3.05) is 0 Å². The fourth-order valence-corrected chi connectivity index (χ4v) is 1.89. The van der Waals surface area contributed by atoms with Crippen LogP contribution in [0.1, 0.15) is 53.0 Å². The lowest BCUT2D eigenvalue weighted by molar-refractivity contribution is 0.399. The highest BCUT2D eigenvalue weighted by Gasteiger charge is 2.20. The third kappa shape index (κ3) is 3.06. The van der Waals surface area contributed by atoms with Crippen molar-refractivity contribution in [2.45, 2.75) is 52.4 Å². The van der Waals surface area contributed by atoms with E-state index in [1.807, 2.05) is 6.20 Å². The van der Waals surface area contributed by atoms with E-state index in [-0.39, 0.29) is 10.8 Å². The van der Waals surface area contributed by atoms with Gasteiger partial charge in [-0.3, -0.25) is 0 Å². The Labute approximate surface area is 115 Å². The quantitative estimate of drug-likeness (QED) is 0.723. The van der Waals surface area contributed by atoms with E-state index in [2.05, 4.69) is 70.8 Å². The predicted octanol–water partition coefficient (Wildman–Crippen LogP) is 4.94. The second kappa shape index (κ2) is 4.52. The van der Waals surface area contributed by atoms with Crippen molar-refractivity contribution in [3.05, 3.63) is 41.9 Å². The molecule has 102 valence electrons. The smallest absolute Gasteiger partial charge is 0.200 e. The third-order valence-corrected chi connectivity index (χ3v) is 3.18. The topological polar surface area (TPSA) is 26.0 Å². The van der Waals surface area contributed by atoms with Crippen molar-refractivity contribution >= 4 is 0 Å². The minimum absolute atomic E-state index is 0.0520. The van der Waals surface area contributed by atoms with Gasteiger partial charge >= 0.3 is 0 Å². The van der Waals surface area contributed by atoms with Crippen LogP contribution in [-0.2, 0) is 10.8 Å². The molecular weight excluding hydrogens is 234 g/mol. The maximum absolute atomic E-state index is 5.85. The first kappa shape index (κ1) is 13.9. The van der Waals surface area contributed by atoms with E-state index in [1.54, 1.807) is 0 Å². The second-order valence-corrected chi connectivity index (χ2v) is 7.11. The summed E-state index contributed by atoms with van der Waals surface area (Å²) in [6, 6.07) is 8.53. The Morgan fingerprint density at radius 2 is 1.42 bits per heavy atom. The van der Waals surface area contributed by atoms with Crippen LogP contribution in [0.15, 0.2) is 34.9 Å². The Bertz CT molecular complexity index is 550. The Kier molecular flexibility index (Phi) is 3.29. The Morgan fingerprint density at radius 1 is 0.842 bits per heavy atom. The fourth-order valence-electron chi connectivity index (χ4n) is 1.89. The van der Waals surface area contributed by atoms with Gasteiger partial charge in [-0.15, -0.1) is 0 Å².